The molecule has 0 unspecified atom stereocenters. The van der Waals surface area contributed by atoms with Gasteiger partial charge in [0, 0.05) is 6.54 Å². The van der Waals surface area contributed by atoms with Gasteiger partial charge < -0.3 is 9.64 Å². The van der Waals surface area contributed by atoms with Crippen molar-refractivity contribution in [3.63, 3.8) is 0 Å². The van der Waals surface area contributed by atoms with E-state index in [0.29, 0.717) is 5.69 Å². The van der Waals surface area contributed by atoms with Crippen LogP contribution in [-0.4, -0.2) is 53.6 Å². The average molecular weight is 254 g/mol. The molecule has 0 fully saturated rings. The number of aryl methyl sites for hydroxylation is 1. The van der Waals surface area contributed by atoms with Crippen molar-refractivity contribution in [1.82, 2.24) is 19.9 Å². The van der Waals surface area contributed by atoms with Crippen molar-refractivity contribution < 1.29 is 9.53 Å². The Kier molecular flexibility index (Phi) is 5.77. The summed E-state index contributed by atoms with van der Waals surface area (Å²) in [5.74, 6) is -0.405. The van der Waals surface area contributed by atoms with E-state index >= 15 is 0 Å². The van der Waals surface area contributed by atoms with Crippen LogP contribution in [0.25, 0.3) is 0 Å². The molecule has 18 heavy (non-hydrogen) atoms. The zero-order valence-electron chi connectivity index (χ0n) is 11.6. The quantitative estimate of drug-likeness (QED) is 0.678. The second kappa shape index (κ2) is 7.10. The predicted octanol–water partition coefficient (Wildman–Crippen LogP) is 0.969. The molecule has 6 nitrogen and oxygen atoms in total. The Labute approximate surface area is 108 Å². The van der Waals surface area contributed by atoms with Crippen molar-refractivity contribution in [3.8, 4) is 0 Å². The third kappa shape index (κ3) is 3.80. The fraction of sp³-hybridized carbons (Fsp3) is 0.750. The van der Waals surface area contributed by atoms with Crippen LogP contribution in [0.4, 0.5) is 0 Å². The largest absolute Gasteiger partial charge is 0.464 e. The van der Waals surface area contributed by atoms with Gasteiger partial charge in [0.2, 0.25) is 0 Å². The van der Waals surface area contributed by atoms with Gasteiger partial charge in [-0.05, 0) is 33.5 Å². The highest BCUT2D eigenvalue weighted by Gasteiger charge is 2.19. The van der Waals surface area contributed by atoms with Crippen LogP contribution in [0.2, 0.25) is 0 Å². The SMILES string of the molecule is CCCc1c(C(=O)OC)nnn1CCCN(C)C. The van der Waals surface area contributed by atoms with Gasteiger partial charge in [0.1, 0.15) is 0 Å². The molecule has 1 aromatic rings. The molecule has 0 N–H and O–H groups in total. The van der Waals surface area contributed by atoms with Crippen LogP contribution in [0, 0.1) is 0 Å². The number of carbonyl (C=O) groups excluding carboxylic acids is 1. The molecule has 0 radical (unpaired) electrons. The number of hydrogen-bond acceptors (Lipinski definition) is 5. The van der Waals surface area contributed by atoms with Gasteiger partial charge in [-0.1, -0.05) is 18.6 Å². The first-order valence-corrected chi connectivity index (χ1v) is 6.25. The molecule has 1 rings (SSSR count). The molecule has 6 heteroatoms. The number of rotatable bonds is 7. The molecule has 0 bridgehead atoms. The first-order chi connectivity index (χ1) is 8.60. The minimum atomic E-state index is -0.405. The van der Waals surface area contributed by atoms with Gasteiger partial charge in [-0.3, -0.25) is 0 Å². The summed E-state index contributed by atoms with van der Waals surface area (Å²) in [6, 6.07) is 0. The lowest BCUT2D eigenvalue weighted by atomic mass is 10.2. The number of esters is 1. The van der Waals surface area contributed by atoms with Crippen molar-refractivity contribution in [1.29, 1.82) is 0 Å². The lowest BCUT2D eigenvalue weighted by molar-refractivity contribution is 0.0592. The Morgan fingerprint density at radius 1 is 1.44 bits per heavy atom. The summed E-state index contributed by atoms with van der Waals surface area (Å²) >= 11 is 0. The maximum absolute atomic E-state index is 11.6. The van der Waals surface area contributed by atoms with E-state index in [9.17, 15) is 4.79 Å². The minimum Gasteiger partial charge on any atom is -0.464 e. The first-order valence-electron chi connectivity index (χ1n) is 6.25. The van der Waals surface area contributed by atoms with E-state index in [0.717, 1.165) is 38.0 Å². The summed E-state index contributed by atoms with van der Waals surface area (Å²) in [4.78, 5) is 13.7. The monoisotopic (exact) mass is 254 g/mol. The summed E-state index contributed by atoms with van der Waals surface area (Å²) in [6.07, 6.45) is 2.72. The predicted molar refractivity (Wildman–Crippen MR) is 68.5 cm³/mol. The van der Waals surface area contributed by atoms with Gasteiger partial charge >= 0.3 is 5.97 Å². The maximum atomic E-state index is 11.6. The average Bonchev–Trinajstić information content (AvgIpc) is 2.72. The topological polar surface area (TPSA) is 60.2 Å². The van der Waals surface area contributed by atoms with Crippen molar-refractivity contribution in [2.45, 2.75) is 32.7 Å². The van der Waals surface area contributed by atoms with E-state index < -0.39 is 5.97 Å². The van der Waals surface area contributed by atoms with Crippen LogP contribution < -0.4 is 0 Å². The number of ether oxygens (including phenoxy) is 1. The zero-order valence-corrected chi connectivity index (χ0v) is 11.6. The Bertz CT molecular complexity index is 387. The van der Waals surface area contributed by atoms with Crippen LogP contribution >= 0.6 is 0 Å². The molecule has 0 aliphatic rings. The van der Waals surface area contributed by atoms with Crippen molar-refractivity contribution in [2.75, 3.05) is 27.7 Å². The molecule has 0 spiro atoms. The Morgan fingerprint density at radius 2 is 2.17 bits per heavy atom. The minimum absolute atomic E-state index is 0.351. The highest BCUT2D eigenvalue weighted by Crippen LogP contribution is 2.10. The molecule has 1 aromatic heterocycles. The van der Waals surface area contributed by atoms with Gasteiger partial charge in [0.15, 0.2) is 5.69 Å². The molecule has 0 aromatic carbocycles. The molecular weight excluding hydrogens is 232 g/mol. The summed E-state index contributed by atoms with van der Waals surface area (Å²) in [7, 11) is 5.44. The number of aromatic nitrogens is 3. The number of nitrogens with zero attached hydrogens (tertiary/aromatic N) is 4. The maximum Gasteiger partial charge on any atom is 0.360 e. The van der Waals surface area contributed by atoms with E-state index in [1.54, 1.807) is 0 Å². The summed E-state index contributed by atoms with van der Waals surface area (Å²) in [6.45, 7) is 3.83. The summed E-state index contributed by atoms with van der Waals surface area (Å²) in [5.41, 5.74) is 1.23. The third-order valence-corrected chi connectivity index (χ3v) is 2.68. The fourth-order valence-corrected chi connectivity index (χ4v) is 1.79. The molecule has 102 valence electrons. The molecule has 1 heterocycles. The second-order valence-electron chi connectivity index (χ2n) is 4.51. The Balaban J connectivity index is 2.77. The second-order valence-corrected chi connectivity index (χ2v) is 4.51. The van der Waals surface area contributed by atoms with Crippen molar-refractivity contribution in [2.24, 2.45) is 0 Å². The van der Waals surface area contributed by atoms with Crippen molar-refractivity contribution in [3.05, 3.63) is 11.4 Å². The van der Waals surface area contributed by atoms with Crippen LogP contribution in [0.15, 0.2) is 0 Å². The van der Waals surface area contributed by atoms with E-state index in [4.69, 9.17) is 4.74 Å². The molecule has 0 saturated heterocycles. The van der Waals surface area contributed by atoms with Crippen LogP contribution in [0.1, 0.15) is 35.9 Å². The molecule has 0 aliphatic heterocycles. The van der Waals surface area contributed by atoms with Crippen molar-refractivity contribution >= 4 is 5.97 Å². The van der Waals surface area contributed by atoms with Crippen LogP contribution in [0.3, 0.4) is 0 Å². The van der Waals surface area contributed by atoms with E-state index in [1.165, 1.54) is 7.11 Å². The van der Waals surface area contributed by atoms with Gasteiger partial charge in [-0.15, -0.1) is 5.10 Å². The van der Waals surface area contributed by atoms with E-state index in [1.807, 2.05) is 18.8 Å². The van der Waals surface area contributed by atoms with Gasteiger partial charge in [0.05, 0.1) is 12.8 Å². The highest BCUT2D eigenvalue weighted by molar-refractivity contribution is 5.88. The molecule has 0 atom stereocenters. The van der Waals surface area contributed by atoms with E-state index in [-0.39, 0.29) is 0 Å². The lowest BCUT2D eigenvalue weighted by Crippen LogP contribution is -2.16. The molecular formula is C12H22N4O2. The summed E-state index contributed by atoms with van der Waals surface area (Å²) < 4.78 is 6.53. The number of hydrogen-bond donors (Lipinski definition) is 0. The normalized spacial score (nSPS) is 10.9. The van der Waals surface area contributed by atoms with Crippen LogP contribution in [0.5, 0.6) is 0 Å². The Hall–Kier alpha value is -1.43. The smallest absolute Gasteiger partial charge is 0.360 e. The van der Waals surface area contributed by atoms with Gasteiger partial charge in [0.25, 0.3) is 0 Å². The molecule has 0 aliphatic carbocycles. The molecule has 0 saturated carbocycles. The standard InChI is InChI=1S/C12H22N4O2/c1-5-7-10-11(12(17)18-4)13-14-16(10)9-6-8-15(2)3/h5-9H2,1-4H3. The number of methoxy groups -OCH3 is 1. The zero-order chi connectivity index (χ0) is 13.5. The lowest BCUT2D eigenvalue weighted by Gasteiger charge is -2.10. The highest BCUT2D eigenvalue weighted by atomic mass is 16.5. The summed E-state index contributed by atoms with van der Waals surface area (Å²) in [5, 5.41) is 7.98. The molecule has 0 amide bonds. The third-order valence-electron chi connectivity index (χ3n) is 2.68. The van der Waals surface area contributed by atoms with E-state index in [2.05, 4.69) is 22.1 Å². The van der Waals surface area contributed by atoms with Gasteiger partial charge in [-0.25, -0.2) is 9.48 Å². The first kappa shape index (κ1) is 14.6. The van der Waals surface area contributed by atoms with Gasteiger partial charge in [-0.2, -0.15) is 0 Å². The fourth-order valence-electron chi connectivity index (χ4n) is 1.79. The number of carbonyl (C=O) groups is 1. The van der Waals surface area contributed by atoms with Crippen LogP contribution in [-0.2, 0) is 17.7 Å². The Morgan fingerprint density at radius 3 is 2.72 bits per heavy atom.